The average molecular weight is 602 g/mol. The van der Waals surface area contributed by atoms with Gasteiger partial charge in [-0.25, -0.2) is 0 Å². The maximum Gasteiger partial charge on any atom is 0.254 e. The van der Waals surface area contributed by atoms with Crippen LogP contribution in [0.4, 0.5) is 0 Å². The van der Waals surface area contributed by atoms with Crippen molar-refractivity contribution in [2.24, 2.45) is 0 Å². The summed E-state index contributed by atoms with van der Waals surface area (Å²) in [5.41, 5.74) is 4.57. The lowest BCUT2D eigenvalue weighted by Gasteiger charge is -2.33. The van der Waals surface area contributed by atoms with E-state index in [0.717, 1.165) is 41.5 Å². The zero-order chi connectivity index (χ0) is 31.0. The van der Waals surface area contributed by atoms with Gasteiger partial charge in [-0.05, 0) is 74.4 Å². The Kier molecular flexibility index (Phi) is 11.0. The number of aryl methyl sites for hydroxylation is 2. The van der Waals surface area contributed by atoms with Crippen LogP contribution in [0.2, 0.25) is 0 Å². The molecule has 3 aromatic carbocycles. The minimum atomic E-state index is -1.55. The van der Waals surface area contributed by atoms with Crippen molar-refractivity contribution in [2.45, 2.75) is 82.9 Å². The van der Waals surface area contributed by atoms with Crippen LogP contribution in [0.25, 0.3) is 0 Å². The summed E-state index contributed by atoms with van der Waals surface area (Å²) in [5, 5.41) is 17.4. The molecule has 0 bridgehead atoms. The van der Waals surface area contributed by atoms with Crippen LogP contribution in [-0.2, 0) is 29.0 Å². The Morgan fingerprint density at radius 3 is 2.33 bits per heavy atom. The highest BCUT2D eigenvalue weighted by Crippen LogP contribution is 2.40. The van der Waals surface area contributed by atoms with Gasteiger partial charge >= 0.3 is 0 Å². The highest BCUT2D eigenvalue weighted by molar-refractivity contribution is 8.00. The molecule has 1 heterocycles. The third-order valence-corrected chi connectivity index (χ3v) is 9.45. The fourth-order valence-electron chi connectivity index (χ4n) is 5.41. The molecule has 8 heteroatoms. The number of hydrogen-bond donors (Lipinski definition) is 3. The van der Waals surface area contributed by atoms with Crippen molar-refractivity contribution in [1.29, 1.82) is 0 Å². The van der Waals surface area contributed by atoms with Crippen LogP contribution in [0.15, 0.2) is 78.9 Å². The maximum atomic E-state index is 13.9. The Morgan fingerprint density at radius 2 is 1.65 bits per heavy atom. The lowest BCUT2D eigenvalue weighted by atomic mass is 9.96. The molecule has 1 fully saturated rings. The van der Waals surface area contributed by atoms with Crippen molar-refractivity contribution >= 4 is 29.5 Å². The lowest BCUT2D eigenvalue weighted by Crippen LogP contribution is -2.58. The molecule has 43 heavy (non-hydrogen) atoms. The molecule has 3 amide bonds. The van der Waals surface area contributed by atoms with Crippen LogP contribution in [0.5, 0.6) is 0 Å². The van der Waals surface area contributed by atoms with Gasteiger partial charge in [0.2, 0.25) is 5.91 Å². The summed E-state index contributed by atoms with van der Waals surface area (Å²) in [4.78, 5) is 42.2. The van der Waals surface area contributed by atoms with Gasteiger partial charge < -0.3 is 20.6 Å². The molecule has 7 nitrogen and oxygen atoms in total. The van der Waals surface area contributed by atoms with E-state index in [-0.39, 0.29) is 24.1 Å². The molecular formula is C35H43N3O4S. The number of aliphatic hydroxyl groups excluding tert-OH is 1. The van der Waals surface area contributed by atoms with Gasteiger partial charge in [0, 0.05) is 16.9 Å². The second-order valence-corrected chi connectivity index (χ2v) is 13.3. The van der Waals surface area contributed by atoms with Gasteiger partial charge in [0.05, 0.1) is 11.9 Å². The van der Waals surface area contributed by atoms with E-state index in [2.05, 4.69) is 17.6 Å². The van der Waals surface area contributed by atoms with Crippen LogP contribution < -0.4 is 10.6 Å². The summed E-state index contributed by atoms with van der Waals surface area (Å²) in [6, 6.07) is 23.1. The molecule has 0 aromatic heterocycles. The molecule has 3 aromatic rings. The van der Waals surface area contributed by atoms with E-state index in [4.69, 9.17) is 0 Å². The number of benzene rings is 3. The van der Waals surface area contributed by atoms with Crippen LogP contribution >= 0.6 is 11.8 Å². The average Bonchev–Trinajstić information content (AvgIpc) is 3.33. The van der Waals surface area contributed by atoms with Gasteiger partial charge in [0.25, 0.3) is 11.8 Å². The van der Waals surface area contributed by atoms with Crippen LogP contribution in [-0.4, -0.2) is 56.5 Å². The van der Waals surface area contributed by atoms with E-state index in [0.29, 0.717) is 12.1 Å². The number of carbonyl (C=O) groups is 3. The maximum absolute atomic E-state index is 13.9. The van der Waals surface area contributed by atoms with Gasteiger partial charge in [-0.15, -0.1) is 11.8 Å². The van der Waals surface area contributed by atoms with E-state index in [1.54, 1.807) is 12.1 Å². The molecule has 4 rings (SSSR count). The Balaban J connectivity index is 1.52. The molecule has 228 valence electrons. The molecule has 3 unspecified atom stereocenters. The Morgan fingerprint density at radius 1 is 0.977 bits per heavy atom. The number of nitrogens with one attached hydrogen (secondary N) is 2. The zero-order valence-electron chi connectivity index (χ0n) is 25.5. The number of carbonyl (C=O) groups excluding carboxylic acids is 3. The predicted molar refractivity (Wildman–Crippen MR) is 173 cm³/mol. The van der Waals surface area contributed by atoms with Gasteiger partial charge in [0.15, 0.2) is 6.10 Å². The van der Waals surface area contributed by atoms with Crippen LogP contribution in [0.3, 0.4) is 0 Å². The monoisotopic (exact) mass is 601 g/mol. The minimum absolute atomic E-state index is 0.253. The van der Waals surface area contributed by atoms with Crippen molar-refractivity contribution < 1.29 is 19.5 Å². The summed E-state index contributed by atoms with van der Waals surface area (Å²) in [6.45, 7) is 8.34. The smallest absolute Gasteiger partial charge is 0.254 e. The number of nitrogens with zero attached hydrogens (tertiary/aromatic N) is 1. The highest BCUT2D eigenvalue weighted by atomic mass is 32.2. The summed E-state index contributed by atoms with van der Waals surface area (Å²) >= 11 is 1.49. The van der Waals surface area contributed by atoms with Gasteiger partial charge in [-0.2, -0.15) is 0 Å². The topological polar surface area (TPSA) is 98.7 Å². The molecular weight excluding hydrogens is 558 g/mol. The quantitative estimate of drug-likeness (QED) is 0.270. The van der Waals surface area contributed by atoms with E-state index in [9.17, 15) is 19.5 Å². The van der Waals surface area contributed by atoms with Crippen LogP contribution in [0, 0.1) is 6.92 Å². The lowest BCUT2D eigenvalue weighted by molar-refractivity contribution is -0.147. The number of rotatable bonds is 12. The molecule has 0 aliphatic carbocycles. The predicted octanol–water partition coefficient (Wildman–Crippen LogP) is 5.04. The molecule has 1 aliphatic heterocycles. The summed E-state index contributed by atoms with van der Waals surface area (Å²) in [7, 11) is 0. The second kappa shape index (κ2) is 14.7. The third kappa shape index (κ3) is 8.27. The number of unbranched alkanes of at least 4 members (excludes halogenated alkanes) is 1. The van der Waals surface area contributed by atoms with Crippen molar-refractivity contribution in [3.63, 3.8) is 0 Å². The zero-order valence-corrected chi connectivity index (χ0v) is 26.3. The van der Waals surface area contributed by atoms with Crippen LogP contribution in [0.1, 0.15) is 66.2 Å². The van der Waals surface area contributed by atoms with Gasteiger partial charge in [0.1, 0.15) is 6.04 Å². The first-order chi connectivity index (χ1) is 20.6. The van der Waals surface area contributed by atoms with Crippen molar-refractivity contribution in [2.75, 3.05) is 5.88 Å². The molecule has 0 saturated carbocycles. The fourth-order valence-corrected chi connectivity index (χ4v) is 6.55. The first-order valence-corrected chi connectivity index (χ1v) is 16.0. The SMILES string of the molecule is CCCCc1ccc(C(=O)NC(Cc2ccccc2)C(O)C(=O)N2CSC(C)(C)C2C(=O)NCc2ccccc2C)cc1. The molecule has 0 spiro atoms. The second-order valence-electron chi connectivity index (χ2n) is 11.7. The van der Waals surface area contributed by atoms with E-state index >= 15 is 0 Å². The Bertz CT molecular complexity index is 1390. The molecule has 3 atom stereocenters. The molecule has 1 aliphatic rings. The summed E-state index contributed by atoms with van der Waals surface area (Å²) in [6.07, 6.45) is 1.83. The molecule has 3 N–H and O–H groups in total. The van der Waals surface area contributed by atoms with E-state index < -0.39 is 28.8 Å². The Hall–Kier alpha value is -3.62. The van der Waals surface area contributed by atoms with Crippen molar-refractivity contribution in [1.82, 2.24) is 15.5 Å². The van der Waals surface area contributed by atoms with Gasteiger partial charge in [-0.1, -0.05) is 80.1 Å². The summed E-state index contributed by atoms with van der Waals surface area (Å²) < 4.78 is -0.567. The fraction of sp³-hybridized carbons (Fsp3) is 0.400. The Labute approximate surface area is 259 Å². The number of aliphatic hydroxyl groups is 1. The normalized spacial score (nSPS) is 17.2. The minimum Gasteiger partial charge on any atom is -0.381 e. The number of hydrogen-bond acceptors (Lipinski definition) is 5. The summed E-state index contributed by atoms with van der Waals surface area (Å²) in [5.74, 6) is -0.953. The number of amides is 3. The number of thioether (sulfide) groups is 1. The first kappa shape index (κ1) is 32.3. The van der Waals surface area contributed by atoms with Gasteiger partial charge in [-0.3, -0.25) is 14.4 Å². The highest BCUT2D eigenvalue weighted by Gasteiger charge is 2.49. The largest absolute Gasteiger partial charge is 0.381 e. The molecule has 1 saturated heterocycles. The third-order valence-electron chi connectivity index (χ3n) is 8.08. The van der Waals surface area contributed by atoms with Crippen molar-refractivity contribution in [3.05, 3.63) is 107 Å². The van der Waals surface area contributed by atoms with Crippen molar-refractivity contribution in [3.8, 4) is 0 Å². The standard InChI is InChI=1S/C35H43N3O4S/c1-5-6-13-25-17-19-27(20-18-25)32(40)37-29(21-26-14-8-7-9-15-26)30(39)34(42)38-23-43-35(3,4)31(38)33(41)36-22-28-16-11-10-12-24(28)2/h7-12,14-20,29-31,39H,5-6,13,21-23H2,1-4H3,(H,36,41)(H,37,40). The molecule has 0 radical (unpaired) electrons. The van der Waals surface area contributed by atoms with E-state index in [1.807, 2.05) is 87.5 Å². The van der Waals surface area contributed by atoms with E-state index in [1.165, 1.54) is 16.7 Å². The first-order valence-electron chi connectivity index (χ1n) is 15.0.